The van der Waals surface area contributed by atoms with Crippen LogP contribution in [0.2, 0.25) is 0 Å². The average molecular weight is 453 g/mol. The molecule has 4 heteroatoms. The van der Waals surface area contributed by atoms with Gasteiger partial charge in [0.05, 0.1) is 0 Å². The van der Waals surface area contributed by atoms with Gasteiger partial charge in [0.15, 0.2) is 0 Å². The zero-order valence-corrected chi connectivity index (χ0v) is 22.3. The van der Waals surface area contributed by atoms with Gasteiger partial charge in [0.25, 0.3) is 0 Å². The molecule has 0 bridgehead atoms. The van der Waals surface area contributed by atoms with E-state index in [0.717, 1.165) is 38.8 Å². The molecule has 0 saturated heterocycles. The highest BCUT2D eigenvalue weighted by molar-refractivity contribution is 5.77. The zero-order valence-electron chi connectivity index (χ0n) is 22.3. The maximum absolute atomic E-state index is 12.6. The van der Waals surface area contributed by atoms with Crippen molar-refractivity contribution in [2.75, 3.05) is 26.2 Å². The number of carbonyl (C=O) groups is 2. The molecule has 4 nitrogen and oxygen atoms in total. The van der Waals surface area contributed by atoms with E-state index in [2.05, 4.69) is 13.8 Å². The fraction of sp³-hybridized carbons (Fsp3) is 0.929. The van der Waals surface area contributed by atoms with E-state index in [4.69, 9.17) is 0 Å². The standard InChI is InChI=1S/C28H56N2O2/c1-5-9-11-13-15-17-19-21-23-27(31)29(7-3)25-26-30(8-4)28(32)24-22-20-18-16-14-12-10-6-2/h5-26H2,1-4H3. The molecule has 0 heterocycles. The minimum Gasteiger partial charge on any atom is -0.341 e. The zero-order chi connectivity index (χ0) is 23.9. The molecule has 0 saturated carbocycles. The van der Waals surface area contributed by atoms with Gasteiger partial charge in [-0.1, -0.05) is 104 Å². The first-order chi connectivity index (χ1) is 15.6. The summed E-state index contributed by atoms with van der Waals surface area (Å²) in [5.74, 6) is 0.509. The predicted octanol–water partition coefficient (Wildman–Crippen LogP) is 7.75. The Balaban J connectivity index is 3.97. The molecule has 0 rings (SSSR count). The number of unbranched alkanes of at least 4 members (excludes halogenated alkanes) is 14. The first-order valence-corrected chi connectivity index (χ1v) is 14.2. The molecule has 0 aromatic heterocycles. The third-order valence-corrected chi connectivity index (χ3v) is 6.60. The highest BCUT2D eigenvalue weighted by atomic mass is 16.2. The summed E-state index contributed by atoms with van der Waals surface area (Å²) in [4.78, 5) is 29.0. The van der Waals surface area contributed by atoms with Gasteiger partial charge in [-0.3, -0.25) is 9.59 Å². The normalized spacial score (nSPS) is 11.0. The van der Waals surface area contributed by atoms with E-state index in [1.807, 2.05) is 23.6 Å². The molecule has 0 aliphatic rings. The van der Waals surface area contributed by atoms with E-state index in [9.17, 15) is 9.59 Å². The molecule has 0 aromatic rings. The Labute approximate surface area is 200 Å². The maximum atomic E-state index is 12.6. The van der Waals surface area contributed by atoms with Crippen LogP contribution in [-0.2, 0) is 9.59 Å². The van der Waals surface area contributed by atoms with Gasteiger partial charge >= 0.3 is 0 Å². The van der Waals surface area contributed by atoms with Gasteiger partial charge in [0.1, 0.15) is 0 Å². The Morgan fingerprint density at radius 1 is 0.438 bits per heavy atom. The van der Waals surface area contributed by atoms with Crippen molar-refractivity contribution in [2.24, 2.45) is 0 Å². The van der Waals surface area contributed by atoms with E-state index >= 15 is 0 Å². The quantitative estimate of drug-likeness (QED) is 0.149. The van der Waals surface area contributed by atoms with Gasteiger partial charge in [-0.15, -0.1) is 0 Å². The third kappa shape index (κ3) is 17.5. The van der Waals surface area contributed by atoms with Crippen LogP contribution >= 0.6 is 0 Å². The fourth-order valence-corrected chi connectivity index (χ4v) is 4.30. The van der Waals surface area contributed by atoms with Gasteiger partial charge in [-0.05, 0) is 26.7 Å². The number of rotatable bonds is 23. The van der Waals surface area contributed by atoms with E-state index in [-0.39, 0.29) is 11.8 Å². The van der Waals surface area contributed by atoms with Gasteiger partial charge in [0.2, 0.25) is 11.8 Å². The molecule has 2 amide bonds. The van der Waals surface area contributed by atoms with Crippen molar-refractivity contribution in [3.8, 4) is 0 Å². The Bertz CT molecular complexity index is 399. The Kier molecular flexibility index (Phi) is 22.3. The Morgan fingerprint density at radius 3 is 1.00 bits per heavy atom. The van der Waals surface area contributed by atoms with Crippen LogP contribution in [0.3, 0.4) is 0 Å². The van der Waals surface area contributed by atoms with Crippen LogP contribution in [0.1, 0.15) is 143 Å². The van der Waals surface area contributed by atoms with Crippen molar-refractivity contribution in [1.29, 1.82) is 0 Å². The van der Waals surface area contributed by atoms with Crippen molar-refractivity contribution in [1.82, 2.24) is 9.80 Å². The lowest BCUT2D eigenvalue weighted by atomic mass is 10.1. The molecule has 0 aromatic carbocycles. The van der Waals surface area contributed by atoms with Gasteiger partial charge in [0, 0.05) is 39.0 Å². The summed E-state index contributed by atoms with van der Waals surface area (Å²) < 4.78 is 0. The van der Waals surface area contributed by atoms with Crippen LogP contribution in [0, 0.1) is 0 Å². The van der Waals surface area contributed by atoms with E-state index in [1.54, 1.807) is 0 Å². The summed E-state index contributed by atoms with van der Waals surface area (Å²) in [5, 5.41) is 0. The number of amides is 2. The van der Waals surface area contributed by atoms with Crippen LogP contribution in [0.4, 0.5) is 0 Å². The molecule has 0 N–H and O–H groups in total. The Morgan fingerprint density at radius 2 is 0.719 bits per heavy atom. The monoisotopic (exact) mass is 452 g/mol. The van der Waals surface area contributed by atoms with Gasteiger partial charge < -0.3 is 9.80 Å². The maximum Gasteiger partial charge on any atom is 0.222 e. The van der Waals surface area contributed by atoms with Crippen LogP contribution in [0.5, 0.6) is 0 Å². The first-order valence-electron chi connectivity index (χ1n) is 14.2. The molecule has 0 unspecified atom stereocenters. The lowest BCUT2D eigenvalue weighted by Crippen LogP contribution is -2.40. The van der Waals surface area contributed by atoms with Crippen molar-refractivity contribution in [3.63, 3.8) is 0 Å². The second-order valence-electron chi connectivity index (χ2n) is 9.40. The van der Waals surface area contributed by atoms with E-state index in [1.165, 1.54) is 77.0 Å². The smallest absolute Gasteiger partial charge is 0.222 e. The molecule has 0 fully saturated rings. The first kappa shape index (κ1) is 30.9. The van der Waals surface area contributed by atoms with E-state index in [0.29, 0.717) is 25.9 Å². The molecule has 32 heavy (non-hydrogen) atoms. The molecule has 0 spiro atoms. The van der Waals surface area contributed by atoms with Gasteiger partial charge in [-0.25, -0.2) is 0 Å². The van der Waals surface area contributed by atoms with Gasteiger partial charge in [-0.2, -0.15) is 0 Å². The summed E-state index contributed by atoms with van der Waals surface area (Å²) in [5.41, 5.74) is 0. The number of hydrogen-bond acceptors (Lipinski definition) is 2. The fourth-order valence-electron chi connectivity index (χ4n) is 4.30. The van der Waals surface area contributed by atoms with Crippen LogP contribution in [-0.4, -0.2) is 47.8 Å². The number of nitrogens with zero attached hydrogens (tertiary/aromatic N) is 2. The van der Waals surface area contributed by atoms with Crippen molar-refractivity contribution >= 4 is 11.8 Å². The summed E-state index contributed by atoms with van der Waals surface area (Å²) in [6.07, 6.45) is 21.4. The minimum absolute atomic E-state index is 0.255. The minimum atomic E-state index is 0.255. The second-order valence-corrected chi connectivity index (χ2v) is 9.40. The van der Waals surface area contributed by atoms with E-state index < -0.39 is 0 Å². The largest absolute Gasteiger partial charge is 0.341 e. The summed E-state index contributed by atoms with van der Waals surface area (Å²) in [6, 6.07) is 0. The molecule has 0 radical (unpaired) electrons. The molecule has 0 atom stereocenters. The van der Waals surface area contributed by atoms with Crippen LogP contribution in [0.15, 0.2) is 0 Å². The Hall–Kier alpha value is -1.06. The summed E-state index contributed by atoms with van der Waals surface area (Å²) in [6.45, 7) is 11.4. The number of hydrogen-bond donors (Lipinski definition) is 0. The lowest BCUT2D eigenvalue weighted by molar-refractivity contribution is -0.135. The summed E-state index contributed by atoms with van der Waals surface area (Å²) >= 11 is 0. The summed E-state index contributed by atoms with van der Waals surface area (Å²) in [7, 11) is 0. The third-order valence-electron chi connectivity index (χ3n) is 6.60. The average Bonchev–Trinajstić information content (AvgIpc) is 2.80. The SMILES string of the molecule is CCCCCCCCCCC(=O)N(CC)CCN(CC)C(=O)CCCCCCCCCC. The molecule has 190 valence electrons. The molecule has 0 aliphatic heterocycles. The lowest BCUT2D eigenvalue weighted by Gasteiger charge is -2.26. The molecular weight excluding hydrogens is 396 g/mol. The second kappa shape index (κ2) is 23.1. The highest BCUT2D eigenvalue weighted by Crippen LogP contribution is 2.12. The highest BCUT2D eigenvalue weighted by Gasteiger charge is 2.15. The van der Waals surface area contributed by atoms with Crippen LogP contribution in [0.25, 0.3) is 0 Å². The molecule has 0 aliphatic carbocycles. The number of carbonyl (C=O) groups excluding carboxylic acids is 2. The van der Waals surface area contributed by atoms with Crippen LogP contribution < -0.4 is 0 Å². The van der Waals surface area contributed by atoms with Crippen molar-refractivity contribution in [2.45, 2.75) is 143 Å². The van der Waals surface area contributed by atoms with Crippen molar-refractivity contribution in [3.05, 3.63) is 0 Å². The predicted molar refractivity (Wildman–Crippen MR) is 139 cm³/mol. The molecular formula is C28H56N2O2. The van der Waals surface area contributed by atoms with Crippen molar-refractivity contribution < 1.29 is 9.59 Å². The number of likely N-dealkylation sites (N-methyl/N-ethyl adjacent to an activating group) is 2. The topological polar surface area (TPSA) is 40.6 Å².